The van der Waals surface area contributed by atoms with Gasteiger partial charge < -0.3 is 15.2 Å². The van der Waals surface area contributed by atoms with E-state index in [0.29, 0.717) is 19.0 Å². The third-order valence-electron chi connectivity index (χ3n) is 1.57. The van der Waals surface area contributed by atoms with Gasteiger partial charge in [-0.3, -0.25) is 0 Å². The van der Waals surface area contributed by atoms with E-state index >= 15 is 0 Å². The van der Waals surface area contributed by atoms with Gasteiger partial charge in [-0.2, -0.15) is 4.37 Å². The molecule has 1 rings (SSSR count). The van der Waals surface area contributed by atoms with Crippen molar-refractivity contribution in [1.29, 1.82) is 0 Å². The molecule has 0 aliphatic heterocycles. The zero-order valence-electron chi connectivity index (χ0n) is 8.64. The number of hydrogen-bond donors (Lipinski definition) is 2. The van der Waals surface area contributed by atoms with Crippen LogP contribution in [0.3, 0.4) is 0 Å². The van der Waals surface area contributed by atoms with Crippen molar-refractivity contribution in [3.63, 3.8) is 0 Å². The van der Waals surface area contributed by atoms with Crippen molar-refractivity contribution in [2.45, 2.75) is 13.0 Å². The maximum atomic E-state index is 9.50. The number of hydrogen-bond acceptors (Lipinski definition) is 6. The number of nitrogens with one attached hydrogen (secondary N) is 1. The zero-order valence-corrected chi connectivity index (χ0v) is 9.46. The first-order chi connectivity index (χ1) is 7.18. The molecule has 1 aromatic rings. The van der Waals surface area contributed by atoms with Gasteiger partial charge in [0, 0.05) is 13.1 Å². The molecule has 1 unspecified atom stereocenters. The fourth-order valence-corrected chi connectivity index (χ4v) is 1.28. The Kier molecular flexibility index (Phi) is 5.23. The molecule has 1 heterocycles. The lowest BCUT2D eigenvalue weighted by Crippen LogP contribution is -2.32. The first kappa shape index (κ1) is 12.1. The van der Waals surface area contributed by atoms with Crippen molar-refractivity contribution in [3.8, 4) is 5.88 Å². The molecule has 15 heavy (non-hydrogen) atoms. The van der Waals surface area contributed by atoms with E-state index in [-0.39, 0.29) is 6.61 Å². The fourth-order valence-electron chi connectivity index (χ4n) is 0.912. The lowest BCUT2D eigenvalue weighted by molar-refractivity contribution is 0.105. The Labute approximate surface area is 93.1 Å². The summed E-state index contributed by atoms with van der Waals surface area (Å²) in [5.74, 6) is 0.457. The number of aliphatic hydroxyl groups excluding tert-OH is 1. The molecule has 0 aliphatic rings. The molecule has 2 N–H and O–H groups in total. The van der Waals surface area contributed by atoms with Crippen LogP contribution in [0.1, 0.15) is 6.92 Å². The van der Waals surface area contributed by atoms with E-state index in [1.807, 2.05) is 6.92 Å². The molecule has 0 radical (unpaired) electrons. The molecule has 0 fully saturated rings. The second kappa shape index (κ2) is 6.49. The third-order valence-corrected chi connectivity index (χ3v) is 2.03. The largest absolute Gasteiger partial charge is 0.473 e. The Morgan fingerprint density at radius 3 is 3.20 bits per heavy atom. The SMILES string of the molecule is C=C(C)CNCC(O)COc1cnsn1. The van der Waals surface area contributed by atoms with Crippen molar-refractivity contribution < 1.29 is 9.84 Å². The van der Waals surface area contributed by atoms with Crippen molar-refractivity contribution in [2.24, 2.45) is 0 Å². The highest BCUT2D eigenvalue weighted by atomic mass is 32.1. The minimum absolute atomic E-state index is 0.217. The van der Waals surface area contributed by atoms with Crippen LogP contribution in [0.15, 0.2) is 18.3 Å². The summed E-state index contributed by atoms with van der Waals surface area (Å²) < 4.78 is 12.8. The zero-order chi connectivity index (χ0) is 11.1. The van der Waals surface area contributed by atoms with Gasteiger partial charge in [-0.25, -0.2) is 0 Å². The normalized spacial score (nSPS) is 12.4. The summed E-state index contributed by atoms with van der Waals surface area (Å²) in [4.78, 5) is 0. The van der Waals surface area contributed by atoms with Crippen LogP contribution in [0.25, 0.3) is 0 Å². The van der Waals surface area contributed by atoms with Gasteiger partial charge in [0.15, 0.2) is 0 Å². The van der Waals surface area contributed by atoms with Gasteiger partial charge in [0.05, 0.1) is 11.7 Å². The van der Waals surface area contributed by atoms with E-state index in [4.69, 9.17) is 4.74 Å². The predicted molar refractivity (Wildman–Crippen MR) is 59.1 cm³/mol. The molecule has 0 saturated carbocycles. The van der Waals surface area contributed by atoms with E-state index in [0.717, 1.165) is 17.3 Å². The van der Waals surface area contributed by atoms with Crippen LogP contribution in [0.4, 0.5) is 0 Å². The Bertz CT molecular complexity index is 290. The van der Waals surface area contributed by atoms with Gasteiger partial charge in [0.25, 0.3) is 0 Å². The molecule has 5 nitrogen and oxygen atoms in total. The van der Waals surface area contributed by atoms with E-state index < -0.39 is 6.10 Å². The third kappa shape index (κ3) is 5.46. The van der Waals surface area contributed by atoms with Crippen molar-refractivity contribution in [3.05, 3.63) is 18.3 Å². The van der Waals surface area contributed by atoms with Crippen molar-refractivity contribution in [1.82, 2.24) is 14.1 Å². The highest BCUT2D eigenvalue weighted by molar-refractivity contribution is 6.99. The summed E-state index contributed by atoms with van der Waals surface area (Å²) in [5.41, 5.74) is 1.03. The maximum absolute atomic E-state index is 9.50. The van der Waals surface area contributed by atoms with Gasteiger partial charge in [-0.1, -0.05) is 12.2 Å². The molecule has 84 valence electrons. The van der Waals surface area contributed by atoms with E-state index in [9.17, 15) is 5.11 Å². The van der Waals surface area contributed by atoms with E-state index in [2.05, 4.69) is 20.6 Å². The van der Waals surface area contributed by atoms with Gasteiger partial charge in [0.2, 0.25) is 5.88 Å². The standard InChI is InChI=1S/C9H15N3O2S/c1-7(2)3-10-4-8(13)6-14-9-5-11-15-12-9/h5,8,10,13H,1,3-4,6H2,2H3. The molecule has 0 saturated heterocycles. The Morgan fingerprint density at radius 2 is 2.60 bits per heavy atom. The summed E-state index contributed by atoms with van der Waals surface area (Å²) in [7, 11) is 0. The predicted octanol–water partition coefficient (Wildman–Crippen LogP) is 0.444. The molecular weight excluding hydrogens is 214 g/mol. The molecule has 0 amide bonds. The summed E-state index contributed by atoms with van der Waals surface area (Å²) in [5, 5.41) is 12.6. The van der Waals surface area contributed by atoms with Crippen LogP contribution in [-0.2, 0) is 0 Å². The summed E-state index contributed by atoms with van der Waals surface area (Å²) in [6.07, 6.45) is 0.977. The smallest absolute Gasteiger partial charge is 0.245 e. The number of aliphatic hydroxyl groups is 1. The fraction of sp³-hybridized carbons (Fsp3) is 0.556. The van der Waals surface area contributed by atoms with Crippen LogP contribution in [0, 0.1) is 0 Å². The second-order valence-corrected chi connectivity index (χ2v) is 3.86. The molecule has 0 aromatic carbocycles. The van der Waals surface area contributed by atoms with Crippen LogP contribution < -0.4 is 10.1 Å². The van der Waals surface area contributed by atoms with Crippen LogP contribution >= 0.6 is 11.7 Å². The number of nitrogens with zero attached hydrogens (tertiary/aromatic N) is 2. The number of aromatic nitrogens is 2. The van der Waals surface area contributed by atoms with Gasteiger partial charge >= 0.3 is 0 Å². The minimum Gasteiger partial charge on any atom is -0.473 e. The maximum Gasteiger partial charge on any atom is 0.245 e. The Morgan fingerprint density at radius 1 is 1.80 bits per heavy atom. The minimum atomic E-state index is -0.550. The topological polar surface area (TPSA) is 67.3 Å². The Hall–Kier alpha value is -0.980. The molecule has 6 heteroatoms. The van der Waals surface area contributed by atoms with Crippen LogP contribution in [-0.4, -0.2) is 39.7 Å². The summed E-state index contributed by atoms with van der Waals surface area (Å²) >= 11 is 1.08. The molecule has 0 spiro atoms. The van der Waals surface area contributed by atoms with E-state index in [1.54, 1.807) is 0 Å². The van der Waals surface area contributed by atoms with Gasteiger partial charge in [0.1, 0.15) is 18.9 Å². The number of ether oxygens (including phenoxy) is 1. The monoisotopic (exact) mass is 229 g/mol. The summed E-state index contributed by atoms with van der Waals surface area (Å²) in [6.45, 7) is 7.07. The first-order valence-electron chi connectivity index (χ1n) is 4.62. The molecular formula is C9H15N3O2S. The first-order valence-corrected chi connectivity index (χ1v) is 5.35. The summed E-state index contributed by atoms with van der Waals surface area (Å²) in [6, 6.07) is 0. The van der Waals surface area contributed by atoms with Crippen LogP contribution in [0.5, 0.6) is 5.88 Å². The Balaban J connectivity index is 2.08. The molecule has 0 bridgehead atoms. The van der Waals surface area contributed by atoms with Gasteiger partial charge in [-0.15, -0.1) is 4.37 Å². The molecule has 1 aromatic heterocycles. The highest BCUT2D eigenvalue weighted by Gasteiger charge is 2.05. The quantitative estimate of drug-likeness (QED) is 0.664. The lowest BCUT2D eigenvalue weighted by atomic mass is 10.3. The number of rotatable bonds is 7. The lowest BCUT2D eigenvalue weighted by Gasteiger charge is -2.11. The molecule has 1 atom stereocenters. The highest BCUT2D eigenvalue weighted by Crippen LogP contribution is 2.04. The van der Waals surface area contributed by atoms with E-state index in [1.165, 1.54) is 6.20 Å². The molecule has 0 aliphatic carbocycles. The van der Waals surface area contributed by atoms with Gasteiger partial charge in [-0.05, 0) is 6.92 Å². The average molecular weight is 229 g/mol. The van der Waals surface area contributed by atoms with Crippen molar-refractivity contribution >= 4 is 11.7 Å². The average Bonchev–Trinajstić information content (AvgIpc) is 2.66. The van der Waals surface area contributed by atoms with Crippen LogP contribution in [0.2, 0.25) is 0 Å². The second-order valence-electron chi connectivity index (χ2n) is 3.30. The van der Waals surface area contributed by atoms with Crippen molar-refractivity contribution in [2.75, 3.05) is 19.7 Å².